The Bertz CT molecular complexity index is 525. The molecule has 0 bridgehead atoms. The molecule has 0 fully saturated rings. The second-order valence-electron chi connectivity index (χ2n) is 3.50. The van der Waals surface area contributed by atoms with Crippen molar-refractivity contribution < 1.29 is 0 Å². The summed E-state index contributed by atoms with van der Waals surface area (Å²) in [7, 11) is 0. The minimum absolute atomic E-state index is 0.0434. The lowest BCUT2D eigenvalue weighted by Gasteiger charge is -2.04. The van der Waals surface area contributed by atoms with Crippen molar-refractivity contribution in [3.8, 4) is 0 Å². The van der Waals surface area contributed by atoms with Gasteiger partial charge in [-0.05, 0) is 19.9 Å². The third kappa shape index (κ3) is 2.66. The zero-order valence-electron chi connectivity index (χ0n) is 9.07. The zero-order valence-corrected chi connectivity index (χ0v) is 9.89. The van der Waals surface area contributed by atoms with Crippen molar-refractivity contribution in [1.82, 2.24) is 15.0 Å². The van der Waals surface area contributed by atoms with Crippen molar-refractivity contribution >= 4 is 17.3 Å². The number of nitrogens with zero attached hydrogens (tertiary/aromatic N) is 2. The van der Waals surface area contributed by atoms with E-state index in [1.54, 1.807) is 5.38 Å². The number of aryl methyl sites for hydroxylation is 2. The first kappa shape index (κ1) is 10.8. The van der Waals surface area contributed by atoms with E-state index in [1.807, 2.05) is 19.9 Å². The summed E-state index contributed by atoms with van der Waals surface area (Å²) in [6.45, 7) is 4.38. The molecule has 0 amide bonds. The number of nitrogens with one attached hydrogen (secondary N) is 2. The van der Waals surface area contributed by atoms with Gasteiger partial charge in [0.2, 0.25) is 5.95 Å². The van der Waals surface area contributed by atoms with Gasteiger partial charge in [0.05, 0.1) is 6.54 Å². The lowest BCUT2D eigenvalue weighted by molar-refractivity contribution is 0.980. The van der Waals surface area contributed by atoms with Crippen LogP contribution in [0.3, 0.4) is 0 Å². The molecule has 0 radical (unpaired) electrons. The minimum Gasteiger partial charge on any atom is -0.349 e. The maximum atomic E-state index is 10.9. The van der Waals surface area contributed by atoms with Crippen LogP contribution in [-0.4, -0.2) is 15.0 Å². The first-order chi connectivity index (χ1) is 7.63. The Labute approximate surface area is 96.6 Å². The van der Waals surface area contributed by atoms with Gasteiger partial charge in [-0.25, -0.2) is 9.97 Å². The fourth-order valence-corrected chi connectivity index (χ4v) is 1.96. The van der Waals surface area contributed by atoms with Crippen LogP contribution in [0.5, 0.6) is 0 Å². The number of aromatic nitrogens is 3. The van der Waals surface area contributed by atoms with E-state index in [1.165, 1.54) is 0 Å². The average molecular weight is 236 g/mol. The molecule has 6 heteroatoms. The summed E-state index contributed by atoms with van der Waals surface area (Å²) < 4.78 is 0. The van der Waals surface area contributed by atoms with Gasteiger partial charge in [-0.2, -0.15) is 0 Å². The number of anilines is 1. The zero-order chi connectivity index (χ0) is 11.5. The number of aromatic amines is 1. The van der Waals surface area contributed by atoms with Crippen molar-refractivity contribution in [1.29, 1.82) is 0 Å². The summed E-state index contributed by atoms with van der Waals surface area (Å²) in [6.07, 6.45) is 0. The first-order valence-corrected chi connectivity index (χ1v) is 5.74. The van der Waals surface area contributed by atoms with Gasteiger partial charge in [-0.3, -0.25) is 4.79 Å². The summed E-state index contributed by atoms with van der Waals surface area (Å²) in [5, 5.41) is 4.86. The molecular weight excluding hydrogens is 224 g/mol. The molecule has 0 saturated heterocycles. The fraction of sp³-hybridized carbons (Fsp3) is 0.300. The summed E-state index contributed by atoms with van der Waals surface area (Å²) in [5.41, 5.74) is 2.69. The van der Waals surface area contributed by atoms with E-state index in [2.05, 4.69) is 20.3 Å². The topological polar surface area (TPSA) is 70.7 Å². The molecule has 0 aliphatic heterocycles. The molecule has 0 aromatic carbocycles. The van der Waals surface area contributed by atoms with Crippen LogP contribution < -0.4 is 10.2 Å². The van der Waals surface area contributed by atoms with Crippen LogP contribution in [0.15, 0.2) is 16.2 Å². The van der Waals surface area contributed by atoms with Crippen LogP contribution in [0, 0.1) is 13.8 Å². The average Bonchev–Trinajstić information content (AvgIpc) is 2.60. The van der Waals surface area contributed by atoms with Crippen LogP contribution in [0.2, 0.25) is 0 Å². The van der Waals surface area contributed by atoms with E-state index >= 15 is 0 Å². The van der Waals surface area contributed by atoms with E-state index < -0.39 is 0 Å². The normalized spacial score (nSPS) is 10.4. The molecule has 0 atom stereocenters. The molecule has 5 nitrogen and oxygen atoms in total. The monoisotopic (exact) mass is 236 g/mol. The van der Waals surface area contributed by atoms with E-state index in [-0.39, 0.29) is 4.87 Å². The molecule has 2 aromatic rings. The lowest BCUT2D eigenvalue weighted by atomic mass is 10.3. The molecule has 0 spiro atoms. The number of hydrogen-bond acceptors (Lipinski definition) is 5. The van der Waals surface area contributed by atoms with Crippen LogP contribution in [-0.2, 0) is 6.54 Å². The Morgan fingerprint density at radius 2 is 2.06 bits per heavy atom. The highest BCUT2D eigenvalue weighted by molar-refractivity contribution is 7.07. The quantitative estimate of drug-likeness (QED) is 0.846. The molecule has 2 aromatic heterocycles. The third-order valence-corrected chi connectivity index (χ3v) is 2.71. The van der Waals surface area contributed by atoms with Gasteiger partial charge in [-0.15, -0.1) is 0 Å². The molecule has 0 aliphatic rings. The van der Waals surface area contributed by atoms with Gasteiger partial charge in [0.15, 0.2) is 0 Å². The highest BCUT2D eigenvalue weighted by atomic mass is 32.1. The number of thiazole rings is 1. The van der Waals surface area contributed by atoms with E-state index in [0.717, 1.165) is 28.4 Å². The maximum Gasteiger partial charge on any atom is 0.304 e. The highest BCUT2D eigenvalue weighted by Crippen LogP contribution is 2.05. The molecule has 2 heterocycles. The second kappa shape index (κ2) is 4.44. The first-order valence-electron chi connectivity index (χ1n) is 4.86. The Morgan fingerprint density at radius 3 is 2.62 bits per heavy atom. The Balaban J connectivity index is 2.07. The smallest absolute Gasteiger partial charge is 0.304 e. The van der Waals surface area contributed by atoms with Crippen LogP contribution in [0.1, 0.15) is 17.1 Å². The Morgan fingerprint density at radius 1 is 1.38 bits per heavy atom. The second-order valence-corrected chi connectivity index (χ2v) is 4.34. The minimum atomic E-state index is -0.0434. The van der Waals surface area contributed by atoms with E-state index in [9.17, 15) is 4.79 Å². The number of H-pyrrole nitrogens is 1. The van der Waals surface area contributed by atoms with Gasteiger partial charge in [0, 0.05) is 22.5 Å². The molecule has 2 N–H and O–H groups in total. The van der Waals surface area contributed by atoms with Crippen molar-refractivity contribution in [2.24, 2.45) is 0 Å². The highest BCUT2D eigenvalue weighted by Gasteiger charge is 2.00. The molecule has 16 heavy (non-hydrogen) atoms. The third-order valence-electron chi connectivity index (χ3n) is 1.99. The molecule has 0 unspecified atom stereocenters. The van der Waals surface area contributed by atoms with Crippen LogP contribution >= 0.6 is 11.3 Å². The lowest BCUT2D eigenvalue weighted by Crippen LogP contribution is -2.06. The maximum absolute atomic E-state index is 10.9. The van der Waals surface area contributed by atoms with Gasteiger partial charge in [0.1, 0.15) is 0 Å². The molecule has 0 saturated carbocycles. The largest absolute Gasteiger partial charge is 0.349 e. The molecule has 0 aliphatic carbocycles. The van der Waals surface area contributed by atoms with E-state index in [4.69, 9.17) is 0 Å². The van der Waals surface area contributed by atoms with Gasteiger partial charge >= 0.3 is 4.87 Å². The summed E-state index contributed by atoms with van der Waals surface area (Å²) >= 11 is 1.15. The van der Waals surface area contributed by atoms with Gasteiger partial charge < -0.3 is 10.3 Å². The SMILES string of the molecule is Cc1cc(C)nc(NCc2csc(=O)[nH]2)n1. The van der Waals surface area contributed by atoms with Gasteiger partial charge in [0.25, 0.3) is 0 Å². The van der Waals surface area contributed by atoms with Crippen LogP contribution in [0.25, 0.3) is 0 Å². The summed E-state index contributed by atoms with van der Waals surface area (Å²) in [6, 6.07) is 1.91. The van der Waals surface area contributed by atoms with Crippen molar-refractivity contribution in [2.75, 3.05) is 5.32 Å². The Hall–Kier alpha value is -1.69. The molecule has 2 rings (SSSR count). The van der Waals surface area contributed by atoms with Crippen molar-refractivity contribution in [2.45, 2.75) is 20.4 Å². The standard InChI is InChI=1S/C10H12N4OS/c1-6-3-7(2)13-9(12-6)11-4-8-5-16-10(15)14-8/h3,5H,4H2,1-2H3,(H,14,15)(H,11,12,13). The summed E-state index contributed by atoms with van der Waals surface area (Å²) in [4.78, 5) is 22.1. The molecule has 84 valence electrons. The Kier molecular flexibility index (Phi) is 3.00. The predicted molar refractivity (Wildman–Crippen MR) is 63.8 cm³/mol. The van der Waals surface area contributed by atoms with Crippen LogP contribution in [0.4, 0.5) is 5.95 Å². The van der Waals surface area contributed by atoms with Gasteiger partial charge in [-0.1, -0.05) is 11.3 Å². The summed E-state index contributed by atoms with van der Waals surface area (Å²) in [5.74, 6) is 0.588. The predicted octanol–water partition coefficient (Wildman–Crippen LogP) is 1.46. The van der Waals surface area contributed by atoms with Crippen molar-refractivity contribution in [3.63, 3.8) is 0 Å². The van der Waals surface area contributed by atoms with Crippen molar-refractivity contribution in [3.05, 3.63) is 38.2 Å². The van der Waals surface area contributed by atoms with E-state index in [0.29, 0.717) is 12.5 Å². The number of rotatable bonds is 3. The fourth-order valence-electron chi connectivity index (χ4n) is 1.38. The molecular formula is C10H12N4OS. The number of hydrogen-bond donors (Lipinski definition) is 2.